The first-order valence-electron chi connectivity index (χ1n) is 14.1. The van der Waals surface area contributed by atoms with Crippen molar-refractivity contribution in [3.05, 3.63) is 131 Å². The lowest BCUT2D eigenvalue weighted by Crippen LogP contribution is -2.25. The Balaban J connectivity index is 1.61. The molecule has 0 atom stereocenters. The number of nitrogens with zero attached hydrogens (tertiary/aromatic N) is 3. The number of phenols is 1. The van der Waals surface area contributed by atoms with Gasteiger partial charge in [0.15, 0.2) is 0 Å². The number of aliphatic hydroxyl groups excluding tert-OH is 1. The lowest BCUT2D eigenvalue weighted by molar-refractivity contribution is 0.241. The van der Waals surface area contributed by atoms with Crippen LogP contribution in [0.2, 0.25) is 5.02 Å². The van der Waals surface area contributed by atoms with Crippen molar-refractivity contribution < 1.29 is 10.2 Å². The Bertz CT molecular complexity index is 1550. The smallest absolute Gasteiger partial charge is 0.140 e. The molecule has 4 aromatic carbocycles. The van der Waals surface area contributed by atoms with Gasteiger partial charge in [0.1, 0.15) is 11.6 Å². The number of phenolic OH excluding ortho intramolecular Hbond substituents is 1. The van der Waals surface area contributed by atoms with Crippen molar-refractivity contribution in [3.8, 4) is 28.4 Å². The number of imidazole rings is 1. The van der Waals surface area contributed by atoms with Gasteiger partial charge in [-0.1, -0.05) is 116 Å². The number of aromatic hydroxyl groups is 1. The second-order valence-electron chi connectivity index (χ2n) is 10.4. The van der Waals surface area contributed by atoms with E-state index in [-0.39, 0.29) is 12.4 Å². The van der Waals surface area contributed by atoms with Gasteiger partial charge in [-0.05, 0) is 35.2 Å². The summed E-state index contributed by atoms with van der Waals surface area (Å²) in [6, 6.07) is 34.0. The summed E-state index contributed by atoms with van der Waals surface area (Å²) >= 11 is 6.60. The summed E-state index contributed by atoms with van der Waals surface area (Å²) in [6.45, 7) is 5.02. The number of aromatic nitrogens is 2. The lowest BCUT2D eigenvalue weighted by Gasteiger charge is -2.25. The van der Waals surface area contributed by atoms with Crippen LogP contribution in [0.15, 0.2) is 103 Å². The van der Waals surface area contributed by atoms with E-state index in [1.54, 1.807) is 12.1 Å². The van der Waals surface area contributed by atoms with E-state index in [4.69, 9.17) is 16.6 Å². The van der Waals surface area contributed by atoms with Crippen LogP contribution in [0.3, 0.4) is 0 Å². The third-order valence-corrected chi connectivity index (χ3v) is 7.65. The van der Waals surface area contributed by atoms with Gasteiger partial charge in [0, 0.05) is 42.3 Å². The summed E-state index contributed by atoms with van der Waals surface area (Å²) in [4.78, 5) is 7.64. The number of hydrogen-bond donors (Lipinski definition) is 2. The van der Waals surface area contributed by atoms with E-state index < -0.39 is 0 Å². The zero-order chi connectivity index (χ0) is 28.6. The van der Waals surface area contributed by atoms with Crippen molar-refractivity contribution in [1.29, 1.82) is 0 Å². The molecule has 0 spiro atoms. The standard InChI is InChI=1S/C35H36ClN3O2/c1-2-3-20-39-33(34(28-10-6-4-7-11-28)37-35(39)29-12-8-5-9-13-29)24-38(22-26-14-16-27(25-40)17-15-26)23-30-18-19-31(41)21-32(30)36/h4-19,21,40-41H,2-3,20,22-25H2,1H3. The molecule has 0 aliphatic heterocycles. The molecule has 0 radical (unpaired) electrons. The topological polar surface area (TPSA) is 61.5 Å². The van der Waals surface area contributed by atoms with E-state index in [0.717, 1.165) is 64.4 Å². The molecule has 0 fully saturated rings. The summed E-state index contributed by atoms with van der Waals surface area (Å²) in [7, 11) is 0. The maximum atomic E-state index is 9.95. The summed E-state index contributed by atoms with van der Waals surface area (Å²) in [5.74, 6) is 1.13. The van der Waals surface area contributed by atoms with Crippen LogP contribution in [0.5, 0.6) is 5.75 Å². The first-order valence-corrected chi connectivity index (χ1v) is 14.5. The highest BCUT2D eigenvalue weighted by atomic mass is 35.5. The van der Waals surface area contributed by atoms with Crippen LogP contribution in [0, 0.1) is 0 Å². The molecule has 0 aliphatic rings. The van der Waals surface area contributed by atoms with Crippen LogP contribution >= 0.6 is 11.6 Å². The normalized spacial score (nSPS) is 11.3. The zero-order valence-corrected chi connectivity index (χ0v) is 24.1. The number of aliphatic hydroxyl groups is 1. The molecule has 5 nitrogen and oxygen atoms in total. The Kier molecular flexibility index (Phi) is 9.52. The van der Waals surface area contributed by atoms with Gasteiger partial charge in [-0.2, -0.15) is 0 Å². The molecular weight excluding hydrogens is 530 g/mol. The van der Waals surface area contributed by atoms with E-state index in [2.05, 4.69) is 77.1 Å². The first-order chi connectivity index (χ1) is 20.1. The van der Waals surface area contributed by atoms with E-state index in [9.17, 15) is 10.2 Å². The fourth-order valence-electron chi connectivity index (χ4n) is 5.13. The van der Waals surface area contributed by atoms with Crippen molar-refractivity contribution in [1.82, 2.24) is 14.5 Å². The molecule has 2 N–H and O–H groups in total. The predicted molar refractivity (Wildman–Crippen MR) is 166 cm³/mol. The molecule has 6 heteroatoms. The van der Waals surface area contributed by atoms with Crippen molar-refractivity contribution in [2.75, 3.05) is 0 Å². The molecule has 0 aliphatic carbocycles. The quantitative estimate of drug-likeness (QED) is 0.160. The molecule has 0 unspecified atom stereocenters. The molecule has 0 amide bonds. The van der Waals surface area contributed by atoms with Gasteiger partial charge >= 0.3 is 0 Å². The Morgan fingerprint density at radius 2 is 1.44 bits per heavy atom. The van der Waals surface area contributed by atoms with Crippen molar-refractivity contribution >= 4 is 11.6 Å². The maximum absolute atomic E-state index is 9.95. The zero-order valence-electron chi connectivity index (χ0n) is 23.4. The van der Waals surface area contributed by atoms with Gasteiger partial charge < -0.3 is 14.8 Å². The minimum absolute atomic E-state index is 0.0203. The SMILES string of the molecule is CCCCn1c(-c2ccccc2)nc(-c2ccccc2)c1CN(Cc1ccc(CO)cc1)Cc1ccc(O)cc1Cl. The Morgan fingerprint density at radius 1 is 0.780 bits per heavy atom. The van der Waals surface area contributed by atoms with E-state index in [1.165, 1.54) is 0 Å². The number of halogens is 1. The monoisotopic (exact) mass is 565 g/mol. The highest BCUT2D eigenvalue weighted by Crippen LogP contribution is 2.32. The number of unbranched alkanes of at least 4 members (excludes halogenated alkanes) is 1. The first kappa shape index (κ1) is 28.6. The summed E-state index contributed by atoms with van der Waals surface area (Å²) in [5, 5.41) is 20.0. The van der Waals surface area contributed by atoms with Gasteiger partial charge in [-0.25, -0.2) is 4.98 Å². The molecule has 0 saturated heterocycles. The number of hydrogen-bond acceptors (Lipinski definition) is 4. The Morgan fingerprint density at radius 3 is 2.07 bits per heavy atom. The summed E-state index contributed by atoms with van der Waals surface area (Å²) < 4.78 is 2.39. The Labute approximate surface area is 247 Å². The largest absolute Gasteiger partial charge is 0.508 e. The second-order valence-corrected chi connectivity index (χ2v) is 10.8. The van der Waals surface area contributed by atoms with Crippen LogP contribution in [-0.2, 0) is 32.8 Å². The van der Waals surface area contributed by atoms with Gasteiger partial charge in [0.05, 0.1) is 18.0 Å². The minimum Gasteiger partial charge on any atom is -0.508 e. The highest BCUT2D eigenvalue weighted by Gasteiger charge is 2.22. The molecule has 41 heavy (non-hydrogen) atoms. The third-order valence-electron chi connectivity index (χ3n) is 7.30. The molecule has 1 aromatic heterocycles. The summed E-state index contributed by atoms with van der Waals surface area (Å²) in [6.07, 6.45) is 2.13. The van der Waals surface area contributed by atoms with E-state index >= 15 is 0 Å². The average molecular weight is 566 g/mol. The van der Waals surface area contributed by atoms with Gasteiger partial charge in [-0.3, -0.25) is 4.90 Å². The van der Waals surface area contributed by atoms with E-state index in [1.807, 2.05) is 30.3 Å². The molecular formula is C35H36ClN3O2. The molecule has 5 rings (SSSR count). The molecule has 210 valence electrons. The fourth-order valence-corrected chi connectivity index (χ4v) is 5.37. The minimum atomic E-state index is 0.0203. The third kappa shape index (κ3) is 7.06. The number of benzene rings is 4. The summed E-state index contributed by atoms with van der Waals surface area (Å²) in [5.41, 5.74) is 7.30. The highest BCUT2D eigenvalue weighted by molar-refractivity contribution is 6.31. The molecule has 0 bridgehead atoms. The fraction of sp³-hybridized carbons (Fsp3) is 0.229. The predicted octanol–water partition coefficient (Wildman–Crippen LogP) is 8.07. The Hall–Kier alpha value is -3.90. The van der Waals surface area contributed by atoms with Crippen LogP contribution in [0.4, 0.5) is 0 Å². The molecule has 5 aromatic rings. The second kappa shape index (κ2) is 13.6. The van der Waals surface area contributed by atoms with Crippen molar-refractivity contribution in [2.45, 2.75) is 52.6 Å². The average Bonchev–Trinajstić information content (AvgIpc) is 3.36. The van der Waals surface area contributed by atoms with Crippen LogP contribution in [0.1, 0.15) is 42.1 Å². The van der Waals surface area contributed by atoms with Crippen LogP contribution < -0.4 is 0 Å². The van der Waals surface area contributed by atoms with Crippen molar-refractivity contribution in [2.24, 2.45) is 0 Å². The van der Waals surface area contributed by atoms with Crippen LogP contribution in [0.25, 0.3) is 22.6 Å². The van der Waals surface area contributed by atoms with Crippen LogP contribution in [-0.4, -0.2) is 24.7 Å². The molecule has 1 heterocycles. The van der Waals surface area contributed by atoms with E-state index in [0.29, 0.717) is 24.7 Å². The van der Waals surface area contributed by atoms with Crippen molar-refractivity contribution in [3.63, 3.8) is 0 Å². The number of rotatable bonds is 12. The van der Waals surface area contributed by atoms with Gasteiger partial charge in [0.25, 0.3) is 0 Å². The lowest BCUT2D eigenvalue weighted by atomic mass is 10.1. The maximum Gasteiger partial charge on any atom is 0.140 e. The molecule has 0 saturated carbocycles. The van der Waals surface area contributed by atoms with Gasteiger partial charge in [-0.15, -0.1) is 0 Å². The van der Waals surface area contributed by atoms with Gasteiger partial charge in [0.2, 0.25) is 0 Å².